The maximum atomic E-state index is 12.5. The molecule has 3 aromatic rings. The number of carbonyl (C=O) groups excluding carboxylic acids is 1. The Morgan fingerprint density at radius 1 is 1.03 bits per heavy atom. The van der Waals surface area contributed by atoms with Gasteiger partial charge < -0.3 is 14.2 Å². The number of benzene rings is 3. The average Bonchev–Trinajstić information content (AvgIpc) is 2.78. The molecule has 0 heterocycles. The normalized spacial score (nSPS) is 11.3. The van der Waals surface area contributed by atoms with E-state index in [0.717, 1.165) is 0 Å². The van der Waals surface area contributed by atoms with Crippen LogP contribution in [0.15, 0.2) is 83.3 Å². The van der Waals surface area contributed by atoms with Crippen LogP contribution in [0.3, 0.4) is 0 Å². The number of nitrogens with one attached hydrogen (secondary N) is 1. The Morgan fingerprint density at radius 3 is 2.34 bits per heavy atom. The van der Waals surface area contributed by atoms with Gasteiger partial charge in [0.15, 0.2) is 0 Å². The molecule has 0 unspecified atom stereocenters. The molecule has 0 atom stereocenters. The van der Waals surface area contributed by atoms with Gasteiger partial charge in [0.1, 0.15) is 28.0 Å². The fraction of sp³-hybridized carbons (Fsp3) is 0.0435. The van der Waals surface area contributed by atoms with Gasteiger partial charge in [0.2, 0.25) is 0 Å². The number of hydrogen-bond acceptors (Lipinski definition) is 6. The molecule has 0 fully saturated rings. The number of carbonyl (C=O) groups is 1. The van der Waals surface area contributed by atoms with Crippen LogP contribution in [0.4, 0.5) is 5.69 Å². The van der Waals surface area contributed by atoms with Crippen LogP contribution in [0.2, 0.25) is 5.02 Å². The zero-order valence-electron chi connectivity index (χ0n) is 16.8. The molecular weight excluding hydrogens is 452 g/mol. The highest BCUT2D eigenvalue weighted by atomic mass is 35.5. The van der Waals surface area contributed by atoms with Gasteiger partial charge in [-0.05, 0) is 72.3 Å². The number of ether oxygens (including phenoxy) is 1. The highest BCUT2D eigenvalue weighted by Gasteiger charge is 2.17. The van der Waals surface area contributed by atoms with Crippen LogP contribution in [0.1, 0.15) is 5.56 Å². The second kappa shape index (κ2) is 10.0. The Morgan fingerprint density at radius 2 is 1.72 bits per heavy atom. The van der Waals surface area contributed by atoms with Crippen molar-refractivity contribution in [2.45, 2.75) is 4.90 Å². The molecule has 0 radical (unpaired) electrons. The SMILES string of the molecule is COc1ccc(NC(=O)/C(C#N)=C\c2cccc(OS(=O)(=O)c3ccc(Cl)cc3)c2)cc1. The Balaban J connectivity index is 1.78. The summed E-state index contributed by atoms with van der Waals surface area (Å²) >= 11 is 5.79. The van der Waals surface area contributed by atoms with Gasteiger partial charge in [0, 0.05) is 10.7 Å². The van der Waals surface area contributed by atoms with E-state index in [2.05, 4.69) is 5.32 Å². The number of nitriles is 1. The third-order valence-electron chi connectivity index (χ3n) is 4.19. The summed E-state index contributed by atoms with van der Waals surface area (Å²) in [5.74, 6) is 0.0451. The molecule has 162 valence electrons. The predicted octanol–water partition coefficient (Wildman–Crippen LogP) is 4.66. The van der Waals surface area contributed by atoms with Crippen LogP contribution in [-0.2, 0) is 14.9 Å². The van der Waals surface area contributed by atoms with Crippen molar-refractivity contribution in [3.8, 4) is 17.6 Å². The summed E-state index contributed by atoms with van der Waals surface area (Å²) in [7, 11) is -2.55. The Hall–Kier alpha value is -3.80. The molecule has 0 aliphatic heterocycles. The number of nitrogens with zero attached hydrogens (tertiary/aromatic N) is 1. The topological polar surface area (TPSA) is 105 Å². The van der Waals surface area contributed by atoms with E-state index in [9.17, 15) is 18.5 Å². The van der Waals surface area contributed by atoms with Crippen molar-refractivity contribution in [3.63, 3.8) is 0 Å². The molecule has 0 spiro atoms. The molecule has 3 aromatic carbocycles. The number of anilines is 1. The van der Waals surface area contributed by atoms with Gasteiger partial charge in [-0.15, -0.1) is 0 Å². The Bertz CT molecular complexity index is 1300. The molecule has 1 amide bonds. The van der Waals surface area contributed by atoms with E-state index in [0.29, 0.717) is 22.0 Å². The van der Waals surface area contributed by atoms with Crippen molar-refractivity contribution in [3.05, 3.63) is 89.0 Å². The maximum Gasteiger partial charge on any atom is 0.339 e. The van der Waals surface area contributed by atoms with Crippen molar-refractivity contribution in [2.75, 3.05) is 12.4 Å². The lowest BCUT2D eigenvalue weighted by Crippen LogP contribution is -2.13. The van der Waals surface area contributed by atoms with Crippen LogP contribution >= 0.6 is 11.6 Å². The summed E-state index contributed by atoms with van der Waals surface area (Å²) in [6.07, 6.45) is 1.33. The van der Waals surface area contributed by atoms with Gasteiger partial charge in [-0.2, -0.15) is 13.7 Å². The number of amides is 1. The molecule has 9 heteroatoms. The highest BCUT2D eigenvalue weighted by molar-refractivity contribution is 7.87. The van der Waals surface area contributed by atoms with Crippen molar-refractivity contribution in [1.29, 1.82) is 5.26 Å². The van der Waals surface area contributed by atoms with E-state index in [1.165, 1.54) is 49.6 Å². The number of halogens is 1. The van der Waals surface area contributed by atoms with Crippen molar-refractivity contribution < 1.29 is 22.1 Å². The van der Waals surface area contributed by atoms with Crippen LogP contribution in [-0.4, -0.2) is 21.4 Å². The first-order valence-electron chi connectivity index (χ1n) is 9.18. The van der Waals surface area contributed by atoms with Crippen molar-refractivity contribution in [1.82, 2.24) is 0 Å². The lowest BCUT2D eigenvalue weighted by molar-refractivity contribution is -0.112. The zero-order valence-corrected chi connectivity index (χ0v) is 18.4. The highest BCUT2D eigenvalue weighted by Crippen LogP contribution is 2.23. The second-order valence-electron chi connectivity index (χ2n) is 6.42. The molecule has 7 nitrogen and oxygen atoms in total. The Kier molecular flexibility index (Phi) is 7.15. The van der Waals surface area contributed by atoms with Crippen molar-refractivity contribution in [2.24, 2.45) is 0 Å². The zero-order chi connectivity index (χ0) is 23.1. The number of methoxy groups -OCH3 is 1. The van der Waals surface area contributed by atoms with Crippen LogP contribution in [0.25, 0.3) is 6.08 Å². The van der Waals surface area contributed by atoms with Crippen LogP contribution in [0.5, 0.6) is 11.5 Å². The minimum atomic E-state index is -4.08. The molecule has 0 aliphatic carbocycles. The van der Waals surface area contributed by atoms with E-state index >= 15 is 0 Å². The number of rotatable bonds is 7. The molecule has 0 bridgehead atoms. The monoisotopic (exact) mass is 468 g/mol. The summed E-state index contributed by atoms with van der Waals surface area (Å²) < 4.78 is 35.1. The third kappa shape index (κ3) is 5.88. The standard InChI is InChI=1S/C23H17ClN2O5S/c1-30-20-9-7-19(8-10-20)26-23(27)17(15-25)13-16-3-2-4-21(14-16)31-32(28,29)22-11-5-18(24)6-12-22/h2-14H,1H3,(H,26,27)/b17-13-. The first-order valence-corrected chi connectivity index (χ1v) is 11.0. The molecule has 1 N–H and O–H groups in total. The predicted molar refractivity (Wildman–Crippen MR) is 121 cm³/mol. The molecule has 0 aromatic heterocycles. The lowest BCUT2D eigenvalue weighted by Gasteiger charge is -2.08. The second-order valence-corrected chi connectivity index (χ2v) is 8.40. The Labute approximate surface area is 190 Å². The average molecular weight is 469 g/mol. The number of hydrogen-bond donors (Lipinski definition) is 1. The van der Waals surface area contributed by atoms with Gasteiger partial charge in [-0.3, -0.25) is 4.79 Å². The molecule has 0 saturated heterocycles. The van der Waals surface area contributed by atoms with E-state index < -0.39 is 16.0 Å². The first-order chi connectivity index (χ1) is 15.3. The minimum absolute atomic E-state index is 0.0292. The fourth-order valence-corrected chi connectivity index (χ4v) is 3.67. The van der Waals surface area contributed by atoms with Crippen molar-refractivity contribution >= 4 is 39.4 Å². The molecule has 32 heavy (non-hydrogen) atoms. The summed E-state index contributed by atoms with van der Waals surface area (Å²) in [6.45, 7) is 0. The van der Waals surface area contributed by atoms with E-state index in [1.54, 1.807) is 36.4 Å². The largest absolute Gasteiger partial charge is 0.497 e. The third-order valence-corrected chi connectivity index (χ3v) is 5.70. The van der Waals surface area contributed by atoms with E-state index in [-0.39, 0.29) is 16.2 Å². The van der Waals surface area contributed by atoms with E-state index in [4.69, 9.17) is 20.5 Å². The minimum Gasteiger partial charge on any atom is -0.497 e. The van der Waals surface area contributed by atoms with Gasteiger partial charge >= 0.3 is 10.1 Å². The maximum absolute atomic E-state index is 12.5. The molecule has 3 rings (SSSR count). The van der Waals surface area contributed by atoms with Gasteiger partial charge in [0.25, 0.3) is 5.91 Å². The summed E-state index contributed by atoms with van der Waals surface area (Å²) in [5, 5.41) is 12.4. The van der Waals surface area contributed by atoms with E-state index in [1.807, 2.05) is 6.07 Å². The molecular formula is C23H17ClN2O5S. The lowest BCUT2D eigenvalue weighted by atomic mass is 10.1. The summed E-state index contributed by atoms with van der Waals surface area (Å²) in [5.41, 5.74) is 0.733. The van der Waals surface area contributed by atoms with Crippen LogP contribution in [0, 0.1) is 11.3 Å². The summed E-state index contributed by atoms with van der Waals surface area (Å²) in [4.78, 5) is 12.4. The van der Waals surface area contributed by atoms with Gasteiger partial charge in [-0.25, -0.2) is 0 Å². The summed E-state index contributed by atoms with van der Waals surface area (Å²) in [6, 6.07) is 20.0. The molecule has 0 aliphatic rings. The fourth-order valence-electron chi connectivity index (χ4n) is 2.62. The smallest absolute Gasteiger partial charge is 0.339 e. The quantitative estimate of drug-likeness (QED) is 0.307. The van der Waals surface area contributed by atoms with Gasteiger partial charge in [0.05, 0.1) is 7.11 Å². The molecule has 0 saturated carbocycles. The first kappa shape index (κ1) is 22.9. The van der Waals surface area contributed by atoms with Crippen LogP contribution < -0.4 is 14.2 Å². The van der Waals surface area contributed by atoms with Gasteiger partial charge in [-0.1, -0.05) is 23.7 Å².